The van der Waals surface area contributed by atoms with Crippen LogP contribution in [0.3, 0.4) is 0 Å². The smallest absolute Gasteiger partial charge is 0.119 e. The van der Waals surface area contributed by atoms with Crippen molar-refractivity contribution >= 4 is 5.71 Å². The molecule has 0 radical (unpaired) electrons. The van der Waals surface area contributed by atoms with Gasteiger partial charge in [0.1, 0.15) is 11.5 Å². The van der Waals surface area contributed by atoms with Gasteiger partial charge >= 0.3 is 0 Å². The molecule has 0 aliphatic rings. The summed E-state index contributed by atoms with van der Waals surface area (Å²) in [4.78, 5) is 0. The first kappa shape index (κ1) is 19.0. The Morgan fingerprint density at radius 2 is 1.40 bits per heavy atom. The molecule has 0 saturated heterocycles. The van der Waals surface area contributed by atoms with E-state index in [0.29, 0.717) is 5.71 Å². The minimum Gasteiger partial charge on any atom is -0.494 e. The van der Waals surface area contributed by atoms with Crippen LogP contribution in [0.15, 0.2) is 53.7 Å². The van der Waals surface area contributed by atoms with E-state index < -0.39 is 0 Å². The number of aryl methyl sites for hydroxylation is 1. The SMILES string of the molecule is CCCCCCCCOc1ccc(C(=NO)c2ccc(C)cc2)cc1. The second-order valence-electron chi connectivity index (χ2n) is 6.46. The second kappa shape index (κ2) is 10.5. The average molecular weight is 339 g/mol. The number of hydrogen-bond acceptors (Lipinski definition) is 3. The molecule has 2 rings (SSSR count). The number of hydrogen-bond donors (Lipinski definition) is 1. The monoisotopic (exact) mass is 339 g/mol. The number of nitrogens with zero attached hydrogens (tertiary/aromatic N) is 1. The molecule has 0 heterocycles. The van der Waals surface area contributed by atoms with Crippen LogP contribution in [0.2, 0.25) is 0 Å². The van der Waals surface area contributed by atoms with Gasteiger partial charge in [-0.1, -0.05) is 74.0 Å². The molecule has 0 saturated carbocycles. The van der Waals surface area contributed by atoms with E-state index in [4.69, 9.17) is 4.74 Å². The topological polar surface area (TPSA) is 41.8 Å². The fourth-order valence-electron chi connectivity index (χ4n) is 2.78. The molecule has 3 nitrogen and oxygen atoms in total. The molecule has 0 aromatic heterocycles. The Morgan fingerprint density at radius 1 is 0.840 bits per heavy atom. The van der Waals surface area contributed by atoms with E-state index >= 15 is 0 Å². The minimum absolute atomic E-state index is 0.572. The molecule has 0 atom stereocenters. The lowest BCUT2D eigenvalue weighted by molar-refractivity contribution is 0.304. The summed E-state index contributed by atoms with van der Waals surface area (Å²) in [5.41, 5.74) is 3.52. The van der Waals surface area contributed by atoms with E-state index in [1.807, 2.05) is 55.5 Å². The number of unbranched alkanes of at least 4 members (excludes halogenated alkanes) is 5. The molecule has 0 aliphatic heterocycles. The zero-order valence-corrected chi connectivity index (χ0v) is 15.4. The van der Waals surface area contributed by atoms with Gasteiger partial charge < -0.3 is 9.94 Å². The van der Waals surface area contributed by atoms with Crippen LogP contribution in [-0.4, -0.2) is 17.5 Å². The zero-order chi connectivity index (χ0) is 17.9. The molecule has 0 bridgehead atoms. The lowest BCUT2D eigenvalue weighted by Crippen LogP contribution is -2.04. The van der Waals surface area contributed by atoms with Crippen molar-refractivity contribution in [3.8, 4) is 5.75 Å². The summed E-state index contributed by atoms with van der Waals surface area (Å²) in [6.07, 6.45) is 7.56. The molecule has 0 amide bonds. The maximum Gasteiger partial charge on any atom is 0.119 e. The van der Waals surface area contributed by atoms with Crippen molar-refractivity contribution in [2.45, 2.75) is 52.4 Å². The van der Waals surface area contributed by atoms with E-state index in [1.165, 1.54) is 37.7 Å². The average Bonchev–Trinajstić information content (AvgIpc) is 2.64. The van der Waals surface area contributed by atoms with E-state index in [1.54, 1.807) is 0 Å². The maximum atomic E-state index is 9.39. The highest BCUT2D eigenvalue weighted by Gasteiger charge is 2.08. The highest BCUT2D eigenvalue weighted by Crippen LogP contribution is 2.17. The highest BCUT2D eigenvalue weighted by atomic mass is 16.5. The molecule has 1 N–H and O–H groups in total. The van der Waals surface area contributed by atoms with Gasteiger partial charge in [0.15, 0.2) is 0 Å². The molecule has 134 valence electrons. The predicted molar refractivity (Wildman–Crippen MR) is 104 cm³/mol. The quantitative estimate of drug-likeness (QED) is 0.251. The van der Waals surface area contributed by atoms with Gasteiger partial charge in [-0.3, -0.25) is 0 Å². The van der Waals surface area contributed by atoms with Crippen molar-refractivity contribution in [3.05, 3.63) is 65.2 Å². The van der Waals surface area contributed by atoms with Gasteiger partial charge in [0.2, 0.25) is 0 Å². The van der Waals surface area contributed by atoms with E-state index in [2.05, 4.69) is 12.1 Å². The fraction of sp³-hybridized carbons (Fsp3) is 0.409. The molecule has 2 aromatic carbocycles. The van der Waals surface area contributed by atoms with Crippen LogP contribution in [0.4, 0.5) is 0 Å². The Hall–Kier alpha value is -2.29. The Balaban J connectivity index is 1.85. The maximum absolute atomic E-state index is 9.39. The summed E-state index contributed by atoms with van der Waals surface area (Å²) in [6, 6.07) is 15.7. The molecular formula is C22H29NO2. The first-order valence-electron chi connectivity index (χ1n) is 9.27. The van der Waals surface area contributed by atoms with Crippen LogP contribution >= 0.6 is 0 Å². The lowest BCUT2D eigenvalue weighted by Gasteiger charge is -2.09. The van der Waals surface area contributed by atoms with Crippen molar-refractivity contribution in [1.82, 2.24) is 0 Å². The third-order valence-electron chi connectivity index (χ3n) is 4.32. The van der Waals surface area contributed by atoms with Gasteiger partial charge in [0.05, 0.1) is 6.61 Å². The molecular weight excluding hydrogens is 310 g/mol. The normalized spacial score (nSPS) is 11.5. The molecule has 2 aromatic rings. The summed E-state index contributed by atoms with van der Waals surface area (Å²) in [5.74, 6) is 0.860. The Bertz CT molecular complexity index is 645. The molecule has 0 unspecified atom stereocenters. The summed E-state index contributed by atoms with van der Waals surface area (Å²) in [7, 11) is 0. The van der Waals surface area contributed by atoms with Crippen molar-refractivity contribution in [1.29, 1.82) is 0 Å². The first-order valence-corrected chi connectivity index (χ1v) is 9.27. The number of rotatable bonds is 10. The Kier molecular flexibility index (Phi) is 8.03. The summed E-state index contributed by atoms with van der Waals surface area (Å²) >= 11 is 0. The predicted octanol–water partition coefficient (Wildman–Crippen LogP) is 5.96. The Morgan fingerprint density at radius 3 is 2.00 bits per heavy atom. The van der Waals surface area contributed by atoms with E-state index in [9.17, 15) is 5.21 Å². The van der Waals surface area contributed by atoms with Crippen molar-refractivity contribution < 1.29 is 9.94 Å². The van der Waals surface area contributed by atoms with E-state index in [-0.39, 0.29) is 0 Å². The van der Waals surface area contributed by atoms with Gasteiger partial charge in [-0.2, -0.15) is 0 Å². The molecule has 3 heteroatoms. The van der Waals surface area contributed by atoms with Crippen LogP contribution in [0.25, 0.3) is 0 Å². The lowest BCUT2D eigenvalue weighted by atomic mass is 10.0. The van der Waals surface area contributed by atoms with Gasteiger partial charge in [0, 0.05) is 11.1 Å². The van der Waals surface area contributed by atoms with Crippen LogP contribution < -0.4 is 4.74 Å². The van der Waals surface area contributed by atoms with Gasteiger partial charge in [-0.15, -0.1) is 0 Å². The Labute approximate surface area is 151 Å². The highest BCUT2D eigenvalue weighted by molar-refractivity contribution is 6.12. The third kappa shape index (κ3) is 6.26. The minimum atomic E-state index is 0.572. The second-order valence-corrected chi connectivity index (χ2v) is 6.46. The number of benzene rings is 2. The first-order chi connectivity index (χ1) is 12.2. The van der Waals surface area contributed by atoms with Crippen LogP contribution in [0, 0.1) is 6.92 Å². The summed E-state index contributed by atoms with van der Waals surface area (Å²) in [6.45, 7) is 5.03. The molecule has 0 fully saturated rings. The fourth-order valence-corrected chi connectivity index (χ4v) is 2.78. The van der Waals surface area contributed by atoms with Crippen molar-refractivity contribution in [2.24, 2.45) is 5.16 Å². The third-order valence-corrected chi connectivity index (χ3v) is 4.32. The van der Waals surface area contributed by atoms with Gasteiger partial charge in [0.25, 0.3) is 0 Å². The van der Waals surface area contributed by atoms with Crippen molar-refractivity contribution in [2.75, 3.05) is 6.61 Å². The summed E-state index contributed by atoms with van der Waals surface area (Å²) in [5, 5.41) is 12.9. The zero-order valence-electron chi connectivity index (χ0n) is 15.4. The van der Waals surface area contributed by atoms with Crippen molar-refractivity contribution in [3.63, 3.8) is 0 Å². The largest absolute Gasteiger partial charge is 0.494 e. The van der Waals surface area contributed by atoms with Crippen LogP contribution in [0.1, 0.15) is 62.1 Å². The number of oxime groups is 1. The van der Waals surface area contributed by atoms with Gasteiger partial charge in [-0.05, 0) is 37.6 Å². The van der Waals surface area contributed by atoms with Gasteiger partial charge in [-0.25, -0.2) is 0 Å². The standard InChI is InChI=1S/C22H29NO2/c1-3-4-5-6-7-8-17-25-21-15-13-20(14-16-21)22(23-24)19-11-9-18(2)10-12-19/h9-16,24H,3-8,17H2,1-2H3. The van der Waals surface area contributed by atoms with Crippen LogP contribution in [-0.2, 0) is 0 Å². The van der Waals surface area contributed by atoms with Crippen LogP contribution in [0.5, 0.6) is 5.75 Å². The molecule has 25 heavy (non-hydrogen) atoms. The summed E-state index contributed by atoms with van der Waals surface area (Å²) < 4.78 is 5.80. The number of ether oxygens (including phenoxy) is 1. The van der Waals surface area contributed by atoms with E-state index in [0.717, 1.165) is 29.9 Å². The molecule has 0 aliphatic carbocycles. The molecule has 0 spiro atoms.